The highest BCUT2D eigenvalue weighted by Crippen LogP contribution is 2.38. The van der Waals surface area contributed by atoms with E-state index in [4.69, 9.17) is 4.74 Å². The fraction of sp³-hybridized carbons (Fsp3) is 0.706. The van der Waals surface area contributed by atoms with Crippen LogP contribution in [0.2, 0.25) is 0 Å². The van der Waals surface area contributed by atoms with E-state index in [2.05, 4.69) is 5.32 Å². The van der Waals surface area contributed by atoms with Crippen molar-refractivity contribution in [2.24, 2.45) is 0 Å². The summed E-state index contributed by atoms with van der Waals surface area (Å²) in [6.45, 7) is 4.31. The van der Waals surface area contributed by atoms with Crippen LogP contribution < -0.4 is 5.32 Å². The number of nitrogens with one attached hydrogen (secondary N) is 1. The number of amides is 1. The summed E-state index contributed by atoms with van der Waals surface area (Å²) in [7, 11) is 3.36. The first kappa shape index (κ1) is 19.6. The van der Waals surface area contributed by atoms with Crippen molar-refractivity contribution in [3.8, 4) is 0 Å². The lowest BCUT2D eigenvalue weighted by Gasteiger charge is -2.28. The summed E-state index contributed by atoms with van der Waals surface area (Å²) in [6, 6.07) is 0. The molecule has 23 heavy (non-hydrogen) atoms. The van der Waals surface area contributed by atoms with Gasteiger partial charge in [-0.3, -0.25) is 4.79 Å². The Morgan fingerprint density at radius 1 is 1.48 bits per heavy atom. The normalized spacial score (nSPS) is 21.2. The Morgan fingerprint density at radius 2 is 2.17 bits per heavy atom. The van der Waals surface area contributed by atoms with Crippen LogP contribution in [0.3, 0.4) is 0 Å². The van der Waals surface area contributed by atoms with E-state index in [1.807, 2.05) is 6.92 Å². The molecule has 0 spiro atoms. The highest BCUT2D eigenvalue weighted by Gasteiger charge is 2.37. The quantitative estimate of drug-likeness (QED) is 0.661. The summed E-state index contributed by atoms with van der Waals surface area (Å²) in [5.41, 5.74) is -1.35. The predicted octanol–water partition coefficient (Wildman–Crippen LogP) is 3.11. The van der Waals surface area contributed by atoms with Crippen LogP contribution in [0, 0.1) is 0 Å². The number of carbonyl (C=O) groups is 1. The topological polar surface area (TPSA) is 41.6 Å². The zero-order chi connectivity index (χ0) is 17.5. The van der Waals surface area contributed by atoms with Gasteiger partial charge in [-0.25, -0.2) is 8.78 Å². The predicted molar refractivity (Wildman–Crippen MR) is 87.4 cm³/mol. The fourth-order valence-electron chi connectivity index (χ4n) is 2.19. The SMILES string of the molecule is CCCCOC1=C(F)C(CCNCC(=O)N(C)C)=CCC1(C)F. The van der Waals surface area contributed by atoms with Gasteiger partial charge in [-0.15, -0.1) is 0 Å². The fourth-order valence-corrected chi connectivity index (χ4v) is 2.19. The second-order valence-corrected chi connectivity index (χ2v) is 6.19. The number of carbonyl (C=O) groups excluding carboxylic acids is 1. The third kappa shape index (κ3) is 5.94. The van der Waals surface area contributed by atoms with Gasteiger partial charge in [0.1, 0.15) is 0 Å². The molecule has 0 aliphatic heterocycles. The molecule has 0 aromatic heterocycles. The van der Waals surface area contributed by atoms with Crippen molar-refractivity contribution in [3.63, 3.8) is 0 Å². The van der Waals surface area contributed by atoms with Crippen molar-refractivity contribution in [1.29, 1.82) is 0 Å². The summed E-state index contributed by atoms with van der Waals surface area (Å²) in [5.74, 6) is -0.829. The minimum absolute atomic E-state index is 0.0430. The van der Waals surface area contributed by atoms with E-state index in [-0.39, 0.29) is 24.6 Å². The molecule has 6 heteroatoms. The second-order valence-electron chi connectivity index (χ2n) is 6.19. The number of halogens is 2. The maximum absolute atomic E-state index is 14.5. The van der Waals surface area contributed by atoms with Crippen molar-refractivity contribution in [2.75, 3.05) is 33.8 Å². The molecule has 1 rings (SSSR count). The molecule has 1 atom stereocenters. The van der Waals surface area contributed by atoms with E-state index in [9.17, 15) is 13.6 Å². The second kappa shape index (κ2) is 9.01. The van der Waals surface area contributed by atoms with Gasteiger partial charge in [0.05, 0.1) is 13.2 Å². The Bertz CT molecular complexity index is 471. The average molecular weight is 330 g/mol. The molecule has 1 unspecified atom stereocenters. The first-order valence-corrected chi connectivity index (χ1v) is 8.11. The largest absolute Gasteiger partial charge is 0.491 e. The van der Waals surface area contributed by atoms with Crippen LogP contribution in [0.5, 0.6) is 0 Å². The standard InChI is InChI=1S/C17H28F2N2O2/c1-5-6-11-23-16-15(18)13(7-9-17(16,2)19)8-10-20-12-14(22)21(3)4/h7,20H,5-6,8-12H2,1-4H3. The molecule has 132 valence electrons. The zero-order valence-electron chi connectivity index (χ0n) is 14.5. The Labute approximate surface area is 137 Å². The van der Waals surface area contributed by atoms with E-state index in [0.717, 1.165) is 12.8 Å². The van der Waals surface area contributed by atoms with Crippen LogP contribution in [0.15, 0.2) is 23.2 Å². The van der Waals surface area contributed by atoms with Crippen molar-refractivity contribution >= 4 is 5.91 Å². The van der Waals surface area contributed by atoms with Gasteiger partial charge in [-0.2, -0.15) is 0 Å². The molecule has 0 bridgehead atoms. The molecule has 1 amide bonds. The van der Waals surface area contributed by atoms with E-state index in [1.165, 1.54) is 11.8 Å². The Balaban J connectivity index is 2.58. The first-order valence-electron chi connectivity index (χ1n) is 8.11. The molecule has 1 aliphatic rings. The number of ether oxygens (including phenoxy) is 1. The molecule has 0 aromatic carbocycles. The highest BCUT2D eigenvalue weighted by molar-refractivity contribution is 5.77. The lowest BCUT2D eigenvalue weighted by Crippen LogP contribution is -2.33. The Morgan fingerprint density at radius 3 is 2.78 bits per heavy atom. The minimum Gasteiger partial charge on any atom is -0.491 e. The monoisotopic (exact) mass is 330 g/mol. The van der Waals surface area contributed by atoms with E-state index >= 15 is 0 Å². The Kier molecular flexibility index (Phi) is 7.68. The van der Waals surface area contributed by atoms with Crippen LogP contribution in [-0.2, 0) is 9.53 Å². The van der Waals surface area contributed by atoms with Crippen molar-refractivity contribution < 1.29 is 18.3 Å². The first-order chi connectivity index (χ1) is 10.8. The van der Waals surface area contributed by atoms with Crippen LogP contribution >= 0.6 is 0 Å². The molecule has 0 fully saturated rings. The molecule has 4 nitrogen and oxygen atoms in total. The van der Waals surface area contributed by atoms with E-state index in [1.54, 1.807) is 20.2 Å². The van der Waals surface area contributed by atoms with Crippen LogP contribution in [0.25, 0.3) is 0 Å². The van der Waals surface area contributed by atoms with Crippen molar-refractivity contribution in [3.05, 3.63) is 23.2 Å². The van der Waals surface area contributed by atoms with E-state index < -0.39 is 11.5 Å². The molecule has 0 heterocycles. The van der Waals surface area contributed by atoms with Gasteiger partial charge >= 0.3 is 0 Å². The summed E-state index contributed by atoms with van der Waals surface area (Å²) < 4.78 is 34.3. The molecular formula is C17H28F2N2O2. The maximum atomic E-state index is 14.5. The van der Waals surface area contributed by atoms with Gasteiger partial charge in [0.15, 0.2) is 17.3 Å². The number of likely N-dealkylation sites (N-methyl/N-ethyl adjacent to an activating group) is 1. The number of hydrogen-bond donors (Lipinski definition) is 1. The molecule has 0 aromatic rings. The number of allylic oxidation sites excluding steroid dienone is 3. The number of rotatable bonds is 9. The lowest BCUT2D eigenvalue weighted by atomic mass is 9.91. The molecule has 1 N–H and O–H groups in total. The third-order valence-corrected chi connectivity index (χ3v) is 3.78. The molecule has 0 saturated carbocycles. The Hall–Kier alpha value is -1.43. The van der Waals surface area contributed by atoms with Crippen LogP contribution in [0.4, 0.5) is 8.78 Å². The summed E-state index contributed by atoms with van der Waals surface area (Å²) in [4.78, 5) is 12.9. The maximum Gasteiger partial charge on any atom is 0.236 e. The van der Waals surface area contributed by atoms with Crippen molar-refractivity contribution in [1.82, 2.24) is 10.2 Å². The van der Waals surface area contributed by atoms with Gasteiger partial charge in [0.2, 0.25) is 5.91 Å². The van der Waals surface area contributed by atoms with E-state index in [0.29, 0.717) is 25.1 Å². The third-order valence-electron chi connectivity index (χ3n) is 3.78. The van der Waals surface area contributed by atoms with Gasteiger partial charge in [0, 0.05) is 20.5 Å². The average Bonchev–Trinajstić information content (AvgIpc) is 2.48. The van der Waals surface area contributed by atoms with Crippen LogP contribution in [-0.4, -0.2) is 50.3 Å². The van der Waals surface area contributed by atoms with Gasteiger partial charge in [-0.05, 0) is 31.9 Å². The molecule has 1 aliphatic carbocycles. The minimum atomic E-state index is -1.80. The van der Waals surface area contributed by atoms with Gasteiger partial charge in [-0.1, -0.05) is 19.4 Å². The van der Waals surface area contributed by atoms with Gasteiger partial charge in [0.25, 0.3) is 0 Å². The number of alkyl halides is 1. The smallest absolute Gasteiger partial charge is 0.236 e. The molecule has 0 radical (unpaired) electrons. The van der Waals surface area contributed by atoms with Crippen molar-refractivity contribution in [2.45, 2.75) is 45.2 Å². The zero-order valence-corrected chi connectivity index (χ0v) is 14.5. The molecule has 0 saturated heterocycles. The number of nitrogens with zero attached hydrogens (tertiary/aromatic N) is 1. The van der Waals surface area contributed by atoms with Gasteiger partial charge < -0.3 is 15.0 Å². The lowest BCUT2D eigenvalue weighted by molar-refractivity contribution is -0.127. The highest BCUT2D eigenvalue weighted by atomic mass is 19.1. The van der Waals surface area contributed by atoms with Crippen LogP contribution in [0.1, 0.15) is 39.5 Å². The molecular weight excluding hydrogens is 302 g/mol. The summed E-state index contributed by atoms with van der Waals surface area (Å²) in [6.07, 6.45) is 3.75. The summed E-state index contributed by atoms with van der Waals surface area (Å²) >= 11 is 0. The summed E-state index contributed by atoms with van der Waals surface area (Å²) in [5, 5.41) is 2.97. The number of hydrogen-bond acceptors (Lipinski definition) is 3. The number of unbranched alkanes of at least 4 members (excludes halogenated alkanes) is 1.